The molecular formula is C122H174N2O12S2. The molecule has 0 fully saturated rings. The van der Waals surface area contributed by atoms with Crippen LogP contribution in [0.5, 0.6) is 17.2 Å². The number of benzene rings is 9. The number of phenolic OH excluding ortho intramolecular Hbond substituents is 3. The van der Waals surface area contributed by atoms with Gasteiger partial charge in [-0.3, -0.25) is 0 Å². The normalized spacial score (nSPS) is 12.3. The molecular weight excluding hydrogens is 1750 g/mol. The maximum Gasteiger partial charge on any atom is 0.127 e. The number of hydrogen-bond donors (Lipinski definition) is 7. The molecule has 9 atom stereocenters. The molecule has 0 radical (unpaired) electrons. The summed E-state index contributed by atoms with van der Waals surface area (Å²) in [6, 6.07) is 69.2. The number of aldehydes is 9. The highest BCUT2D eigenvalue weighted by molar-refractivity contribution is 7.80. The van der Waals surface area contributed by atoms with E-state index in [1.54, 1.807) is 36.4 Å². The summed E-state index contributed by atoms with van der Waals surface area (Å²) in [5, 5.41) is 34.2. The third-order valence-electron chi connectivity index (χ3n) is 24.7. The molecule has 9 aromatic rings. The highest BCUT2D eigenvalue weighted by Crippen LogP contribution is 2.34. The van der Waals surface area contributed by atoms with Crippen molar-refractivity contribution in [2.75, 3.05) is 24.7 Å². The van der Waals surface area contributed by atoms with E-state index in [1.165, 1.54) is 101 Å². The second-order valence-corrected chi connectivity index (χ2v) is 36.8. The third-order valence-corrected chi connectivity index (χ3v) is 25.5. The van der Waals surface area contributed by atoms with Gasteiger partial charge in [0, 0.05) is 94.1 Å². The van der Waals surface area contributed by atoms with Crippen molar-refractivity contribution in [2.24, 2.45) is 0 Å². The SMILES string of the molecule is CCCCC(C=O)c1ccc(C)cc1.CCCCC(C=O)c1ccc(O)cc1.CCCCC(C=O)c1ccccc1NC.CCCCC(C=O)c1ccccc1S.CCCCCCC(C=O)c1ccc(C)cc1.CCCCCCC(C=O)c1ccc(O)cc1.CCCCCCC(C=O)c1ccccc1NC.CCCCCCC(C=O)c1ccccc1O.CCCCCCC(C=O)c1ccccc1S. The van der Waals surface area contributed by atoms with Crippen LogP contribution in [0.3, 0.4) is 0 Å². The number of aryl methyl sites for hydroxylation is 2. The molecule has 9 unspecified atom stereocenters. The largest absolute Gasteiger partial charge is 0.508 e. The minimum atomic E-state index is -0.155. The Kier molecular flexibility index (Phi) is 76.2. The first-order valence-electron chi connectivity index (χ1n) is 51.8. The van der Waals surface area contributed by atoms with Crippen LogP contribution in [0.2, 0.25) is 0 Å². The van der Waals surface area contributed by atoms with Crippen molar-refractivity contribution in [3.8, 4) is 17.2 Å². The van der Waals surface area contributed by atoms with Crippen LogP contribution < -0.4 is 10.6 Å². The number of anilines is 2. The maximum atomic E-state index is 11.2. The predicted octanol–water partition coefficient (Wildman–Crippen LogP) is 32.7. The lowest BCUT2D eigenvalue weighted by Gasteiger charge is -2.15. The summed E-state index contributed by atoms with van der Waals surface area (Å²) >= 11 is 8.75. The molecule has 0 spiro atoms. The van der Waals surface area contributed by atoms with Crippen molar-refractivity contribution in [3.05, 3.63) is 280 Å². The van der Waals surface area contributed by atoms with Gasteiger partial charge in [0.25, 0.3) is 0 Å². The van der Waals surface area contributed by atoms with Gasteiger partial charge in [-0.2, -0.15) is 0 Å². The molecule has 0 heterocycles. The van der Waals surface area contributed by atoms with E-state index in [9.17, 15) is 48.3 Å². The molecule has 0 aromatic heterocycles. The summed E-state index contributed by atoms with van der Waals surface area (Å²) in [5.41, 5.74) is 14.1. The number of rotatable bonds is 57. The number of unbranched alkanes of at least 4 members (excludes halogenated alkanes) is 19. The fourth-order valence-corrected chi connectivity index (χ4v) is 16.6. The van der Waals surface area contributed by atoms with Crippen LogP contribution in [0, 0.1) is 13.8 Å². The van der Waals surface area contributed by atoms with Gasteiger partial charge in [0.2, 0.25) is 0 Å². The fourth-order valence-electron chi connectivity index (χ4n) is 16.0. The maximum absolute atomic E-state index is 11.2. The van der Waals surface area contributed by atoms with E-state index < -0.39 is 0 Å². The molecule has 9 rings (SSSR count). The molecule has 16 heteroatoms. The number of phenols is 3. The number of aromatic hydroxyl groups is 3. The Morgan fingerprint density at radius 1 is 0.225 bits per heavy atom. The summed E-state index contributed by atoms with van der Waals surface area (Å²) in [4.78, 5) is 101. The molecule has 138 heavy (non-hydrogen) atoms. The topological polar surface area (TPSA) is 238 Å². The van der Waals surface area contributed by atoms with Crippen LogP contribution >= 0.6 is 25.3 Å². The van der Waals surface area contributed by atoms with Crippen LogP contribution in [0.25, 0.3) is 0 Å². The van der Waals surface area contributed by atoms with E-state index in [1.807, 2.05) is 148 Å². The average Bonchev–Trinajstić information content (AvgIpc) is 0.977. The van der Waals surface area contributed by atoms with E-state index in [-0.39, 0.29) is 70.5 Å². The van der Waals surface area contributed by atoms with Gasteiger partial charge >= 0.3 is 0 Å². The Morgan fingerprint density at radius 3 is 0.659 bits per heavy atom. The third kappa shape index (κ3) is 54.9. The molecule has 0 aliphatic carbocycles. The monoisotopic (exact) mass is 1920 g/mol. The summed E-state index contributed by atoms with van der Waals surface area (Å²) in [7, 11) is 3.79. The minimum absolute atomic E-state index is 0.0162. The highest BCUT2D eigenvalue weighted by Gasteiger charge is 2.20. The van der Waals surface area contributed by atoms with Gasteiger partial charge < -0.3 is 69.1 Å². The number of thiol groups is 2. The summed E-state index contributed by atoms with van der Waals surface area (Å²) in [5.74, 6) is 0.834. The van der Waals surface area contributed by atoms with Gasteiger partial charge in [-0.15, -0.1) is 25.3 Å². The fraction of sp³-hybridized carbons (Fsp3) is 0.484. The molecule has 9 aromatic carbocycles. The average molecular weight is 1920 g/mol. The molecule has 756 valence electrons. The molecule has 0 bridgehead atoms. The van der Waals surface area contributed by atoms with E-state index in [0.717, 1.165) is 275 Å². The minimum Gasteiger partial charge on any atom is -0.508 e. The van der Waals surface area contributed by atoms with E-state index in [0.29, 0.717) is 0 Å². The zero-order valence-electron chi connectivity index (χ0n) is 86.3. The van der Waals surface area contributed by atoms with Gasteiger partial charge in [-0.25, -0.2) is 0 Å². The van der Waals surface area contributed by atoms with Crippen molar-refractivity contribution in [2.45, 2.75) is 377 Å². The van der Waals surface area contributed by atoms with Crippen LogP contribution in [0.15, 0.2) is 228 Å². The number of hydrogen-bond acceptors (Lipinski definition) is 16. The Morgan fingerprint density at radius 2 is 0.420 bits per heavy atom. The van der Waals surface area contributed by atoms with Crippen molar-refractivity contribution in [1.29, 1.82) is 0 Å². The zero-order valence-corrected chi connectivity index (χ0v) is 88.0. The van der Waals surface area contributed by atoms with Gasteiger partial charge in [-0.05, 0) is 171 Å². The smallest absolute Gasteiger partial charge is 0.127 e. The molecule has 14 nitrogen and oxygen atoms in total. The van der Waals surface area contributed by atoms with Crippen molar-refractivity contribution in [1.82, 2.24) is 0 Å². The Labute approximate surface area is 844 Å². The second-order valence-electron chi connectivity index (χ2n) is 35.9. The molecule has 0 amide bonds. The lowest BCUT2D eigenvalue weighted by atomic mass is 9.93. The summed E-state index contributed by atoms with van der Waals surface area (Å²) < 4.78 is 0. The Hall–Kier alpha value is -10.3. The van der Waals surface area contributed by atoms with E-state index >= 15 is 0 Å². The van der Waals surface area contributed by atoms with Gasteiger partial charge in [0.15, 0.2) is 0 Å². The van der Waals surface area contributed by atoms with Crippen molar-refractivity contribution < 1.29 is 58.5 Å². The molecule has 0 saturated heterocycles. The number of carbonyl (C=O) groups is 9. The number of nitrogens with one attached hydrogen (secondary N) is 2. The number of carbonyl (C=O) groups excluding carboxylic acids is 9. The van der Waals surface area contributed by atoms with Crippen LogP contribution in [0.1, 0.15) is 414 Å². The Bertz CT molecular complexity index is 4380. The summed E-state index contributed by atoms with van der Waals surface area (Å²) in [6.45, 7) is 23.6. The van der Waals surface area contributed by atoms with Gasteiger partial charge in [0.05, 0.1) is 0 Å². The first-order valence-corrected chi connectivity index (χ1v) is 52.7. The zero-order chi connectivity index (χ0) is 102. The van der Waals surface area contributed by atoms with E-state index in [2.05, 4.69) is 161 Å². The molecule has 0 aliphatic rings. The lowest BCUT2D eigenvalue weighted by Crippen LogP contribution is -2.04. The van der Waals surface area contributed by atoms with Crippen molar-refractivity contribution >= 4 is 93.2 Å². The van der Waals surface area contributed by atoms with Crippen LogP contribution in [-0.2, 0) is 43.2 Å². The molecule has 0 aliphatic heterocycles. The summed E-state index contributed by atoms with van der Waals surface area (Å²) in [6.07, 6.45) is 50.6. The quantitative estimate of drug-likeness (QED) is 0.0107. The highest BCUT2D eigenvalue weighted by atomic mass is 32.1. The predicted molar refractivity (Wildman–Crippen MR) is 587 cm³/mol. The lowest BCUT2D eigenvalue weighted by molar-refractivity contribution is -0.110. The van der Waals surface area contributed by atoms with E-state index in [4.69, 9.17) is 10.2 Å². The first kappa shape index (κ1) is 126. The number of para-hydroxylation sites is 3. The van der Waals surface area contributed by atoms with Crippen LogP contribution in [-0.4, -0.2) is 86.0 Å². The molecule has 5 N–H and O–H groups in total. The second kappa shape index (κ2) is 83.7. The van der Waals surface area contributed by atoms with Crippen LogP contribution in [0.4, 0.5) is 11.4 Å². The first-order chi connectivity index (χ1) is 67.1. The van der Waals surface area contributed by atoms with Gasteiger partial charge in [-0.1, -0.05) is 417 Å². The molecule has 0 saturated carbocycles. The Balaban J connectivity index is 0.000000777. The standard InChI is InChI=1S/C15H23NO.C15H22O.2C14H20O2.C14H20OS.C13H19NO.C13H18O.C12H16O2.C12H16OS/c1-3-4-5-6-9-13(12-17)14-10-7-8-11-15(14)16-2;1-3-4-5-6-7-15(12-16)14-10-8-13(2)9-11-14;1-2-3-4-5-8-12(11-15)13-9-6-7-10-14(13)16;1-2-3-4-5-6-13(11-15)12-7-9-14(16)10-8-12;1-2-3-4-5-8-12(11-15)13-9-6-7-10-14(13)16;1-3-4-7-11(10-15)12-8-5-6-9-13(12)14-2;1-3-4-5-13(10-14)12-8-6-11(2)7-9-12;1-2-3-4-11(9-13)10-5-7-12(14)8-6-10;1-2-3-6-10(9-13)11-7-4-5-8-12(11)14/h7-8,10-13,16H,3-6,9H2,1-2H3;8-12,15H,3-7H2,1-2H3;6-7,9-12,16H,2-5,8H2,1H3;7-11,13,16H,2-6H2,1H3;6-7,9-12,16H,2-5,8H2,1H3;5-6,8-11,14H,3-4,7H2,1-2H3;6-10,13H,3-5H2,1-2H3;5-9,11,14H,2-4H2,1H3;4-5,7-10,14H,2-3,6H2,1H3. The van der Waals surface area contributed by atoms with Crippen molar-refractivity contribution in [3.63, 3.8) is 0 Å². The van der Waals surface area contributed by atoms with Gasteiger partial charge in [0.1, 0.15) is 73.8 Å².